The monoisotopic (exact) mass is 369 g/mol. The molecule has 0 aliphatic heterocycles. The van der Waals surface area contributed by atoms with Crippen LogP contribution in [0, 0.1) is 17.2 Å². The van der Waals surface area contributed by atoms with E-state index in [1.165, 1.54) is 6.33 Å². The van der Waals surface area contributed by atoms with Crippen molar-refractivity contribution >= 4 is 24.7 Å². The van der Waals surface area contributed by atoms with Crippen LogP contribution < -0.4 is 11.3 Å². The zero-order chi connectivity index (χ0) is 18.6. The Kier molecular flexibility index (Phi) is 5.92. The molecule has 0 aliphatic rings. The summed E-state index contributed by atoms with van der Waals surface area (Å²) in [5.74, 6) is -0.302. The number of aromatic nitrogens is 4. The van der Waals surface area contributed by atoms with Crippen LogP contribution in [0.25, 0.3) is 11.2 Å². The fraction of sp³-hybridized carbons (Fsp3) is 0.538. The molecule has 0 radical (unpaired) electrons. The molecule has 2 aromatic rings. The molecule has 11 nitrogen and oxygen atoms in total. The van der Waals surface area contributed by atoms with Gasteiger partial charge in [0.2, 0.25) is 5.95 Å². The summed E-state index contributed by atoms with van der Waals surface area (Å²) in [6, 6.07) is 2.10. The molecule has 2 heterocycles. The van der Waals surface area contributed by atoms with Gasteiger partial charge >= 0.3 is 7.60 Å². The van der Waals surface area contributed by atoms with Crippen molar-refractivity contribution in [3.63, 3.8) is 0 Å². The highest BCUT2D eigenvalue weighted by molar-refractivity contribution is 7.51. The second-order valence-electron chi connectivity index (χ2n) is 5.78. The minimum absolute atomic E-state index is 0.0179. The van der Waals surface area contributed by atoms with E-state index in [1.54, 1.807) is 16.4 Å². The molecule has 0 aliphatic carbocycles. The van der Waals surface area contributed by atoms with Gasteiger partial charge in [0.1, 0.15) is 0 Å². The Morgan fingerprint density at radius 2 is 2.24 bits per heavy atom. The number of nitrogens with zero attached hydrogens (tertiary/aromatic N) is 5. The smallest absolute Gasteiger partial charge is 0.326 e. The summed E-state index contributed by atoms with van der Waals surface area (Å²) in [5, 5.41) is 8.96. The van der Waals surface area contributed by atoms with Crippen LogP contribution in [0.4, 0.5) is 5.95 Å². The van der Waals surface area contributed by atoms with Crippen molar-refractivity contribution in [2.75, 3.05) is 31.5 Å². The van der Waals surface area contributed by atoms with Gasteiger partial charge in [-0.3, -0.25) is 19.2 Å². The summed E-state index contributed by atoms with van der Waals surface area (Å²) in [6.07, 6.45) is 1.17. The summed E-state index contributed by atoms with van der Waals surface area (Å²) >= 11 is 0. The first-order valence-corrected chi connectivity index (χ1v) is 9.36. The Bertz CT molecular complexity index is 881. The summed E-state index contributed by atoms with van der Waals surface area (Å²) in [6.45, 7) is 3.05. The van der Waals surface area contributed by atoms with Gasteiger partial charge in [-0.05, 0) is 6.92 Å². The third kappa shape index (κ3) is 5.37. The van der Waals surface area contributed by atoms with Gasteiger partial charge in [-0.25, -0.2) is 4.98 Å². The largest absolute Gasteiger partial charge is 0.369 e. The minimum atomic E-state index is -4.13. The lowest BCUT2D eigenvalue weighted by Gasteiger charge is -2.23. The first kappa shape index (κ1) is 19.1. The fourth-order valence-electron chi connectivity index (χ4n) is 2.38. The first-order chi connectivity index (χ1) is 11.7. The lowest BCUT2D eigenvalue weighted by molar-refractivity contribution is 0.253. The van der Waals surface area contributed by atoms with Gasteiger partial charge in [-0.15, -0.1) is 0 Å². The number of anilines is 1. The molecule has 0 amide bonds. The van der Waals surface area contributed by atoms with Gasteiger partial charge < -0.3 is 20.1 Å². The van der Waals surface area contributed by atoms with Crippen LogP contribution in [0.3, 0.4) is 0 Å². The molecule has 1 unspecified atom stereocenters. The van der Waals surface area contributed by atoms with E-state index < -0.39 is 13.2 Å². The van der Waals surface area contributed by atoms with Crippen molar-refractivity contribution in [1.29, 1.82) is 5.26 Å². The van der Waals surface area contributed by atoms with E-state index in [4.69, 9.17) is 20.8 Å². The van der Waals surface area contributed by atoms with Crippen LogP contribution in [0.1, 0.15) is 6.92 Å². The lowest BCUT2D eigenvalue weighted by atomic mass is 10.2. The standard InChI is InChI=1S/C13H20N7O4P/c1-9(6-14)7-19(4-5-25(22,23)24)2-3-20-8-16-10-11(20)17-13(15)18-12(10)21/h8-9H,2-5,7H2,1H3,(H2,22,23,24)(H3,15,17,18,21). The Hall–Kier alpha value is -2.25. The maximum Gasteiger partial charge on any atom is 0.326 e. The molecule has 25 heavy (non-hydrogen) atoms. The second-order valence-corrected chi connectivity index (χ2v) is 7.56. The van der Waals surface area contributed by atoms with Crippen LogP contribution in [0.2, 0.25) is 0 Å². The molecule has 12 heteroatoms. The molecular formula is C13H20N7O4P. The zero-order valence-electron chi connectivity index (χ0n) is 13.7. The number of nitrogens with two attached hydrogens (primary N) is 1. The molecule has 0 bridgehead atoms. The molecule has 0 saturated carbocycles. The molecular weight excluding hydrogens is 349 g/mol. The van der Waals surface area contributed by atoms with E-state index in [0.29, 0.717) is 25.3 Å². The molecule has 2 aromatic heterocycles. The lowest BCUT2D eigenvalue weighted by Crippen LogP contribution is -2.33. The Balaban J connectivity index is 2.13. The van der Waals surface area contributed by atoms with E-state index in [0.717, 1.165) is 0 Å². The van der Waals surface area contributed by atoms with Crippen molar-refractivity contribution in [2.24, 2.45) is 5.92 Å². The van der Waals surface area contributed by atoms with E-state index in [1.807, 2.05) is 0 Å². The molecule has 0 aromatic carbocycles. The molecule has 5 N–H and O–H groups in total. The van der Waals surface area contributed by atoms with Gasteiger partial charge in [0, 0.05) is 26.2 Å². The van der Waals surface area contributed by atoms with Crippen molar-refractivity contribution in [3.05, 3.63) is 16.7 Å². The number of imidazole rings is 1. The van der Waals surface area contributed by atoms with E-state index in [2.05, 4.69) is 21.0 Å². The third-order valence-electron chi connectivity index (χ3n) is 3.61. The first-order valence-electron chi connectivity index (χ1n) is 7.57. The third-order valence-corrected chi connectivity index (χ3v) is 4.39. The number of H-pyrrole nitrogens is 1. The van der Waals surface area contributed by atoms with Gasteiger partial charge in [-0.2, -0.15) is 10.2 Å². The van der Waals surface area contributed by atoms with Crippen LogP contribution >= 0.6 is 7.60 Å². The number of rotatable bonds is 8. The minimum Gasteiger partial charge on any atom is -0.369 e. The number of nitrogen functional groups attached to an aromatic ring is 1. The van der Waals surface area contributed by atoms with Crippen LogP contribution in [0.15, 0.2) is 11.1 Å². The van der Waals surface area contributed by atoms with Crippen LogP contribution in [-0.4, -0.2) is 60.0 Å². The van der Waals surface area contributed by atoms with E-state index in [9.17, 15) is 9.36 Å². The van der Waals surface area contributed by atoms with Gasteiger partial charge in [-0.1, -0.05) is 0 Å². The quantitative estimate of drug-likeness (QED) is 0.440. The Morgan fingerprint density at radius 1 is 1.52 bits per heavy atom. The van der Waals surface area contributed by atoms with Crippen molar-refractivity contribution < 1.29 is 14.4 Å². The molecule has 0 fully saturated rings. The SMILES string of the molecule is CC(C#N)CN(CCn1cnc2c(=O)[nH]c(N)nc21)CCP(=O)(O)O. The maximum atomic E-state index is 11.8. The fourth-order valence-corrected chi connectivity index (χ4v) is 2.92. The van der Waals surface area contributed by atoms with Crippen LogP contribution in [0.5, 0.6) is 0 Å². The maximum absolute atomic E-state index is 11.8. The summed E-state index contributed by atoms with van der Waals surface area (Å²) in [4.78, 5) is 42.1. The van der Waals surface area contributed by atoms with E-state index in [-0.39, 0.29) is 30.1 Å². The predicted molar refractivity (Wildman–Crippen MR) is 90.7 cm³/mol. The summed E-state index contributed by atoms with van der Waals surface area (Å²) in [5.41, 5.74) is 5.62. The second kappa shape index (κ2) is 7.76. The van der Waals surface area contributed by atoms with E-state index >= 15 is 0 Å². The molecule has 1 atom stereocenters. The molecule has 2 rings (SSSR count). The molecule has 0 spiro atoms. The van der Waals surface area contributed by atoms with Crippen LogP contribution in [-0.2, 0) is 11.1 Å². The van der Waals surface area contributed by atoms with Crippen molar-refractivity contribution in [2.45, 2.75) is 13.5 Å². The average molecular weight is 369 g/mol. The Morgan fingerprint density at radius 3 is 2.88 bits per heavy atom. The average Bonchev–Trinajstić information content (AvgIpc) is 2.92. The number of hydrogen-bond donors (Lipinski definition) is 4. The van der Waals surface area contributed by atoms with Crippen molar-refractivity contribution in [1.82, 2.24) is 24.4 Å². The van der Waals surface area contributed by atoms with Gasteiger partial charge in [0.05, 0.1) is 24.5 Å². The van der Waals surface area contributed by atoms with Gasteiger partial charge in [0.25, 0.3) is 5.56 Å². The number of nitriles is 1. The predicted octanol–water partition coefficient (Wildman–Crippen LogP) is -0.659. The number of nitrogens with one attached hydrogen (secondary N) is 1. The van der Waals surface area contributed by atoms with Crippen molar-refractivity contribution in [3.8, 4) is 6.07 Å². The highest BCUT2D eigenvalue weighted by Gasteiger charge is 2.18. The highest BCUT2D eigenvalue weighted by Crippen LogP contribution is 2.33. The summed E-state index contributed by atoms with van der Waals surface area (Å²) < 4.78 is 12.7. The number of hydrogen-bond acceptors (Lipinski definition) is 7. The summed E-state index contributed by atoms with van der Waals surface area (Å²) in [7, 11) is -4.13. The van der Waals surface area contributed by atoms with Gasteiger partial charge in [0.15, 0.2) is 11.2 Å². The normalized spacial score (nSPS) is 13.2. The number of aromatic amines is 1. The Labute approximate surface area is 143 Å². The number of fused-ring (bicyclic) bond motifs is 1. The molecule has 136 valence electrons. The molecule has 0 saturated heterocycles. The highest BCUT2D eigenvalue weighted by atomic mass is 31.2. The zero-order valence-corrected chi connectivity index (χ0v) is 14.6. The topological polar surface area (TPSA) is 174 Å².